The van der Waals surface area contributed by atoms with E-state index in [2.05, 4.69) is 12.6 Å². The van der Waals surface area contributed by atoms with E-state index in [9.17, 15) is 9.18 Å². The van der Waals surface area contributed by atoms with Gasteiger partial charge < -0.3 is 9.47 Å². The van der Waals surface area contributed by atoms with Crippen LogP contribution in [0.3, 0.4) is 0 Å². The van der Waals surface area contributed by atoms with E-state index in [0.717, 1.165) is 0 Å². The maximum atomic E-state index is 13.4. The van der Waals surface area contributed by atoms with Gasteiger partial charge in [-0.1, -0.05) is 0 Å². The first-order valence-corrected chi connectivity index (χ1v) is 5.76. The molecule has 0 spiro atoms. The quantitative estimate of drug-likeness (QED) is 0.651. The highest BCUT2D eigenvalue weighted by Gasteiger charge is 2.16. The van der Waals surface area contributed by atoms with Crippen LogP contribution >= 0.6 is 12.6 Å². The van der Waals surface area contributed by atoms with Gasteiger partial charge in [0.2, 0.25) is 0 Å². The topological polar surface area (TPSA) is 35.5 Å². The van der Waals surface area contributed by atoms with E-state index in [0.29, 0.717) is 18.1 Å². The Morgan fingerprint density at radius 1 is 1.53 bits per heavy atom. The molecule has 0 fully saturated rings. The lowest BCUT2D eigenvalue weighted by atomic mass is 10.2. The third-order valence-electron chi connectivity index (χ3n) is 2.03. The molecular formula is C12H15FO3S. The van der Waals surface area contributed by atoms with Crippen molar-refractivity contribution < 1.29 is 18.7 Å². The van der Waals surface area contributed by atoms with Gasteiger partial charge in [-0.3, -0.25) is 0 Å². The van der Waals surface area contributed by atoms with Crippen LogP contribution in [0, 0.1) is 5.82 Å². The van der Waals surface area contributed by atoms with E-state index in [4.69, 9.17) is 9.47 Å². The van der Waals surface area contributed by atoms with Gasteiger partial charge in [-0.2, -0.15) is 0 Å². The van der Waals surface area contributed by atoms with Gasteiger partial charge in [-0.05, 0) is 32.0 Å². The van der Waals surface area contributed by atoms with Crippen molar-refractivity contribution in [2.45, 2.75) is 24.8 Å². The van der Waals surface area contributed by atoms with Crippen LogP contribution in [-0.4, -0.2) is 25.3 Å². The molecule has 5 heteroatoms. The smallest absolute Gasteiger partial charge is 0.341 e. The number of ether oxygens (including phenoxy) is 2. The Balaban J connectivity index is 2.66. The lowest BCUT2D eigenvalue weighted by molar-refractivity contribution is 0.00398. The SMILES string of the molecule is CCOCC(C)OC(=O)c1cc(S)ccc1F. The van der Waals surface area contributed by atoms with Crippen molar-refractivity contribution in [1.82, 2.24) is 0 Å². The molecule has 0 aromatic heterocycles. The number of esters is 1. The van der Waals surface area contributed by atoms with Crippen molar-refractivity contribution in [2.75, 3.05) is 13.2 Å². The summed E-state index contributed by atoms with van der Waals surface area (Å²) in [6.45, 7) is 4.38. The van der Waals surface area contributed by atoms with Crippen LogP contribution in [0.4, 0.5) is 4.39 Å². The fraction of sp³-hybridized carbons (Fsp3) is 0.417. The average Bonchev–Trinajstić information content (AvgIpc) is 2.29. The molecule has 0 aliphatic rings. The Morgan fingerprint density at radius 3 is 2.88 bits per heavy atom. The van der Waals surface area contributed by atoms with Crippen molar-refractivity contribution in [3.05, 3.63) is 29.6 Å². The van der Waals surface area contributed by atoms with E-state index in [1.54, 1.807) is 6.92 Å². The summed E-state index contributed by atoms with van der Waals surface area (Å²) in [5.41, 5.74) is -0.110. The maximum Gasteiger partial charge on any atom is 0.341 e. The standard InChI is InChI=1S/C12H15FO3S/c1-3-15-7-8(2)16-12(14)10-6-9(17)4-5-11(10)13/h4-6,8,17H,3,7H2,1-2H3. The van der Waals surface area contributed by atoms with Crippen molar-refractivity contribution in [3.8, 4) is 0 Å². The number of rotatable bonds is 5. The fourth-order valence-corrected chi connectivity index (χ4v) is 1.44. The van der Waals surface area contributed by atoms with E-state index in [-0.39, 0.29) is 5.56 Å². The molecule has 0 bridgehead atoms. The van der Waals surface area contributed by atoms with Gasteiger partial charge in [0.1, 0.15) is 11.9 Å². The Hall–Kier alpha value is -1.07. The highest BCUT2D eigenvalue weighted by molar-refractivity contribution is 7.80. The van der Waals surface area contributed by atoms with Crippen LogP contribution in [0.15, 0.2) is 23.1 Å². The molecule has 0 saturated heterocycles. The first-order chi connectivity index (χ1) is 8.04. The minimum absolute atomic E-state index is 0.110. The minimum atomic E-state index is -0.703. The molecule has 1 atom stereocenters. The molecule has 0 heterocycles. The average molecular weight is 258 g/mol. The molecule has 0 aliphatic heterocycles. The highest BCUT2D eigenvalue weighted by atomic mass is 32.1. The predicted octanol–water partition coefficient (Wildman–Crippen LogP) is 2.70. The van der Waals surface area contributed by atoms with Crippen LogP contribution in [0.25, 0.3) is 0 Å². The summed E-state index contributed by atoms with van der Waals surface area (Å²) in [5.74, 6) is -1.32. The summed E-state index contributed by atoms with van der Waals surface area (Å²) in [6, 6.07) is 4.00. The van der Waals surface area contributed by atoms with Crippen molar-refractivity contribution >= 4 is 18.6 Å². The molecule has 0 N–H and O–H groups in total. The second kappa shape index (κ2) is 6.61. The molecule has 94 valence electrons. The minimum Gasteiger partial charge on any atom is -0.457 e. The maximum absolute atomic E-state index is 13.4. The third kappa shape index (κ3) is 4.36. The molecule has 1 unspecified atom stereocenters. The van der Waals surface area contributed by atoms with Crippen molar-refractivity contribution in [2.24, 2.45) is 0 Å². The molecular weight excluding hydrogens is 243 g/mol. The van der Waals surface area contributed by atoms with Crippen LogP contribution in [0.5, 0.6) is 0 Å². The largest absolute Gasteiger partial charge is 0.457 e. The second-order valence-electron chi connectivity index (χ2n) is 3.54. The van der Waals surface area contributed by atoms with Gasteiger partial charge in [0.05, 0.1) is 12.2 Å². The Morgan fingerprint density at radius 2 is 2.24 bits per heavy atom. The lowest BCUT2D eigenvalue weighted by Gasteiger charge is -2.13. The van der Waals surface area contributed by atoms with Crippen LogP contribution in [-0.2, 0) is 9.47 Å². The van der Waals surface area contributed by atoms with Gasteiger partial charge in [-0.25, -0.2) is 9.18 Å². The first-order valence-electron chi connectivity index (χ1n) is 5.31. The summed E-state index contributed by atoms with van der Waals surface area (Å²) in [5, 5.41) is 0. The molecule has 0 aliphatic carbocycles. The summed E-state index contributed by atoms with van der Waals surface area (Å²) in [4.78, 5) is 12.1. The summed E-state index contributed by atoms with van der Waals surface area (Å²) >= 11 is 4.04. The molecule has 0 amide bonds. The van der Waals surface area contributed by atoms with Gasteiger partial charge in [0, 0.05) is 11.5 Å². The number of hydrogen-bond donors (Lipinski definition) is 1. The van der Waals surface area contributed by atoms with E-state index < -0.39 is 17.9 Å². The zero-order valence-electron chi connectivity index (χ0n) is 9.77. The Kier molecular flexibility index (Phi) is 5.44. The van der Waals surface area contributed by atoms with Crippen LogP contribution < -0.4 is 0 Å². The number of carbonyl (C=O) groups excluding carboxylic acids is 1. The number of carbonyl (C=O) groups is 1. The van der Waals surface area contributed by atoms with Gasteiger partial charge in [0.15, 0.2) is 0 Å². The van der Waals surface area contributed by atoms with Gasteiger partial charge >= 0.3 is 5.97 Å². The number of hydrogen-bond acceptors (Lipinski definition) is 4. The van der Waals surface area contributed by atoms with E-state index >= 15 is 0 Å². The Bertz CT molecular complexity index is 395. The normalized spacial score (nSPS) is 12.2. The number of halogens is 1. The van der Waals surface area contributed by atoms with E-state index in [1.807, 2.05) is 6.92 Å². The molecule has 1 aromatic carbocycles. The predicted molar refractivity (Wildman–Crippen MR) is 65.0 cm³/mol. The molecule has 0 saturated carbocycles. The van der Waals surface area contributed by atoms with E-state index in [1.165, 1.54) is 18.2 Å². The fourth-order valence-electron chi connectivity index (χ4n) is 1.23. The summed E-state index contributed by atoms with van der Waals surface area (Å²) in [7, 11) is 0. The molecule has 1 rings (SSSR count). The number of benzene rings is 1. The molecule has 3 nitrogen and oxygen atoms in total. The van der Waals surface area contributed by atoms with Crippen molar-refractivity contribution in [1.29, 1.82) is 0 Å². The van der Waals surface area contributed by atoms with Crippen molar-refractivity contribution in [3.63, 3.8) is 0 Å². The Labute approximate surface area is 105 Å². The highest BCUT2D eigenvalue weighted by Crippen LogP contribution is 2.15. The lowest BCUT2D eigenvalue weighted by Crippen LogP contribution is -2.21. The first kappa shape index (κ1) is 14.0. The molecule has 0 radical (unpaired) electrons. The summed E-state index contributed by atoms with van der Waals surface area (Å²) < 4.78 is 23.5. The van der Waals surface area contributed by atoms with Crippen LogP contribution in [0.2, 0.25) is 0 Å². The van der Waals surface area contributed by atoms with Gasteiger partial charge in [0.25, 0.3) is 0 Å². The molecule has 17 heavy (non-hydrogen) atoms. The third-order valence-corrected chi connectivity index (χ3v) is 2.31. The number of thiol groups is 1. The van der Waals surface area contributed by atoms with Gasteiger partial charge in [-0.15, -0.1) is 12.6 Å². The van der Waals surface area contributed by atoms with Crippen LogP contribution in [0.1, 0.15) is 24.2 Å². The summed E-state index contributed by atoms with van der Waals surface area (Å²) in [6.07, 6.45) is -0.412. The second-order valence-corrected chi connectivity index (χ2v) is 4.06. The molecule has 1 aromatic rings. The zero-order valence-corrected chi connectivity index (χ0v) is 10.7. The monoisotopic (exact) mass is 258 g/mol. The zero-order chi connectivity index (χ0) is 12.8.